The molecular weight excluding hydrogens is 570 g/mol. The molecule has 2 atom stereocenters. The number of nitrogens with one attached hydrogen (secondary N) is 1. The van der Waals surface area contributed by atoms with Gasteiger partial charge in [-0.15, -0.1) is 12.4 Å². The smallest absolute Gasteiger partial charge is 0.335 e. The number of unbranched alkanes of at least 4 members (excludes halogenated alkanes) is 1. The molecule has 232 valence electrons. The molecule has 2 amide bonds. The van der Waals surface area contributed by atoms with Crippen molar-refractivity contribution < 1.29 is 29.3 Å². The Balaban J connectivity index is 0.00000423. The van der Waals surface area contributed by atoms with E-state index in [9.17, 15) is 24.6 Å². The van der Waals surface area contributed by atoms with Crippen molar-refractivity contribution in [1.82, 2.24) is 15.1 Å². The molecule has 1 aliphatic carbocycles. The second-order valence-corrected chi connectivity index (χ2v) is 11.8. The summed E-state index contributed by atoms with van der Waals surface area (Å²) in [6.45, 7) is 6.48. The molecule has 43 heavy (non-hydrogen) atoms. The number of piperazine rings is 1. The van der Waals surface area contributed by atoms with E-state index in [4.69, 9.17) is 4.74 Å². The van der Waals surface area contributed by atoms with E-state index in [0.717, 1.165) is 36.8 Å². The van der Waals surface area contributed by atoms with Gasteiger partial charge in [-0.1, -0.05) is 37.6 Å². The number of aliphatic hydroxyl groups excluding tert-OH is 1. The van der Waals surface area contributed by atoms with E-state index in [2.05, 4.69) is 17.1 Å². The van der Waals surface area contributed by atoms with Gasteiger partial charge in [0.25, 0.3) is 0 Å². The maximum absolute atomic E-state index is 13.7. The van der Waals surface area contributed by atoms with Gasteiger partial charge in [0.1, 0.15) is 23.1 Å². The van der Waals surface area contributed by atoms with Crippen molar-refractivity contribution in [2.45, 2.75) is 76.6 Å². The number of nitrogens with zero attached hydrogens (tertiary/aromatic N) is 2. The van der Waals surface area contributed by atoms with Crippen LogP contribution in [0.1, 0.15) is 66.9 Å². The molecule has 2 aliphatic heterocycles. The van der Waals surface area contributed by atoms with Gasteiger partial charge in [-0.25, -0.2) is 4.79 Å². The third kappa shape index (κ3) is 6.89. The Kier molecular flexibility index (Phi) is 10.5. The highest BCUT2D eigenvalue weighted by Gasteiger charge is 2.55. The Bertz CT molecular complexity index is 1330. The predicted octanol–water partition coefficient (Wildman–Crippen LogP) is 4.70. The lowest BCUT2D eigenvalue weighted by Crippen LogP contribution is -2.75. The fourth-order valence-corrected chi connectivity index (χ4v) is 6.42. The van der Waals surface area contributed by atoms with Crippen LogP contribution in [0.5, 0.6) is 11.5 Å². The summed E-state index contributed by atoms with van der Waals surface area (Å²) in [7, 11) is 0. The first-order valence-corrected chi connectivity index (χ1v) is 15.0. The van der Waals surface area contributed by atoms with E-state index in [0.29, 0.717) is 50.5 Å². The molecule has 2 aromatic carbocycles. The Morgan fingerprint density at radius 2 is 1.77 bits per heavy atom. The number of carboxylic acids is 1. The molecule has 3 N–H and O–H groups in total. The number of ether oxygens (including phenoxy) is 1. The first-order chi connectivity index (χ1) is 20.2. The molecule has 2 saturated heterocycles. The molecule has 2 fully saturated rings. The largest absolute Gasteiger partial charge is 0.478 e. The van der Waals surface area contributed by atoms with Crippen molar-refractivity contribution in [1.29, 1.82) is 0 Å². The van der Waals surface area contributed by atoms with Crippen LogP contribution in [-0.4, -0.2) is 75.1 Å². The lowest BCUT2D eigenvalue weighted by atomic mass is 9.79. The van der Waals surface area contributed by atoms with Gasteiger partial charge in [-0.3, -0.25) is 14.5 Å². The van der Waals surface area contributed by atoms with Gasteiger partial charge < -0.3 is 25.2 Å². The average molecular weight is 612 g/mol. The van der Waals surface area contributed by atoms with E-state index >= 15 is 0 Å². The normalized spacial score (nSPS) is 21.0. The van der Waals surface area contributed by atoms with Gasteiger partial charge in [-0.05, 0) is 86.4 Å². The minimum absolute atomic E-state index is 0. The van der Waals surface area contributed by atoms with E-state index < -0.39 is 23.7 Å². The molecule has 0 radical (unpaired) electrons. The molecule has 2 aromatic rings. The van der Waals surface area contributed by atoms with Crippen molar-refractivity contribution in [3.05, 3.63) is 71.3 Å². The Morgan fingerprint density at radius 1 is 1.09 bits per heavy atom. The number of likely N-dealkylation sites (tertiary alicyclic amines) is 1. The summed E-state index contributed by atoms with van der Waals surface area (Å²) in [6.07, 6.45) is 7.44. The van der Waals surface area contributed by atoms with Crippen LogP contribution in [0.3, 0.4) is 0 Å². The molecule has 9 nitrogen and oxygen atoms in total. The summed E-state index contributed by atoms with van der Waals surface area (Å²) < 4.78 is 5.98. The van der Waals surface area contributed by atoms with Gasteiger partial charge in [0.05, 0.1) is 11.7 Å². The van der Waals surface area contributed by atoms with Crippen LogP contribution in [0, 0.1) is 12.8 Å². The number of halogens is 1. The molecule has 2 heterocycles. The molecular formula is C33H42ClN3O6. The molecule has 5 rings (SSSR count). The molecule has 0 aromatic heterocycles. The number of hydrogen-bond acceptors (Lipinski definition) is 6. The van der Waals surface area contributed by atoms with Gasteiger partial charge in [0.15, 0.2) is 0 Å². The second-order valence-electron chi connectivity index (χ2n) is 11.8. The van der Waals surface area contributed by atoms with Crippen LogP contribution in [0.25, 0.3) is 0 Å². The third-order valence-corrected chi connectivity index (χ3v) is 9.02. The Labute approximate surface area is 259 Å². The van der Waals surface area contributed by atoms with Gasteiger partial charge in [0, 0.05) is 26.2 Å². The zero-order valence-electron chi connectivity index (χ0n) is 24.8. The predicted molar refractivity (Wildman–Crippen MR) is 166 cm³/mol. The number of benzene rings is 2. The quantitative estimate of drug-likeness (QED) is 0.333. The van der Waals surface area contributed by atoms with E-state index in [1.807, 2.05) is 43.3 Å². The first kappa shape index (κ1) is 32.5. The lowest BCUT2D eigenvalue weighted by Gasteiger charge is -2.52. The summed E-state index contributed by atoms with van der Waals surface area (Å²) in [6, 6.07) is 11.7. The number of aliphatic hydroxyl groups is 1. The van der Waals surface area contributed by atoms with Crippen LogP contribution in [0.2, 0.25) is 0 Å². The minimum Gasteiger partial charge on any atom is -0.478 e. The second kappa shape index (κ2) is 13.9. The van der Waals surface area contributed by atoms with Crippen LogP contribution in [0.15, 0.2) is 54.6 Å². The number of carbonyl (C=O) groups is 3. The maximum Gasteiger partial charge on any atom is 0.335 e. The van der Waals surface area contributed by atoms with Crippen LogP contribution < -0.4 is 10.1 Å². The molecule has 1 spiro atoms. The van der Waals surface area contributed by atoms with Crippen LogP contribution in [-0.2, 0) is 16.1 Å². The Hall–Kier alpha value is -3.40. The SMILES string of the molecule is CCCCN1C(=O)[C@@H]([C@H](O)C2CC=CC2)NC(=O)C12CCN(Cc1ccc(Oc3ccc(C(=O)O)cc3C)cc1)CC2.Cl. The number of carbonyl (C=O) groups excluding carboxylic acids is 2. The molecule has 0 bridgehead atoms. The number of hydrogen-bond donors (Lipinski definition) is 3. The number of piperidine rings is 1. The van der Waals surface area contributed by atoms with Crippen molar-refractivity contribution in [2.24, 2.45) is 5.92 Å². The van der Waals surface area contributed by atoms with Crippen molar-refractivity contribution in [3.8, 4) is 11.5 Å². The summed E-state index contributed by atoms with van der Waals surface area (Å²) in [5, 5.41) is 23.1. The summed E-state index contributed by atoms with van der Waals surface area (Å²) in [5.74, 6) is -0.0304. The van der Waals surface area contributed by atoms with Crippen LogP contribution in [0.4, 0.5) is 0 Å². The molecule has 0 saturated carbocycles. The third-order valence-electron chi connectivity index (χ3n) is 9.02. The van der Waals surface area contributed by atoms with Crippen molar-refractivity contribution in [3.63, 3.8) is 0 Å². The van der Waals surface area contributed by atoms with Crippen molar-refractivity contribution in [2.75, 3.05) is 19.6 Å². The highest BCUT2D eigenvalue weighted by molar-refractivity contribution is 6.00. The van der Waals surface area contributed by atoms with E-state index in [1.165, 1.54) is 6.07 Å². The Morgan fingerprint density at radius 3 is 2.37 bits per heavy atom. The molecule has 3 aliphatic rings. The van der Waals surface area contributed by atoms with Crippen molar-refractivity contribution >= 4 is 30.2 Å². The average Bonchev–Trinajstić information content (AvgIpc) is 3.53. The highest BCUT2D eigenvalue weighted by Crippen LogP contribution is 2.36. The fraction of sp³-hybridized carbons (Fsp3) is 0.485. The lowest BCUT2D eigenvalue weighted by molar-refractivity contribution is -0.165. The van der Waals surface area contributed by atoms with Gasteiger partial charge in [-0.2, -0.15) is 0 Å². The number of amides is 2. The maximum atomic E-state index is 13.7. The highest BCUT2D eigenvalue weighted by atomic mass is 35.5. The number of aryl methyl sites for hydroxylation is 1. The summed E-state index contributed by atoms with van der Waals surface area (Å²) >= 11 is 0. The zero-order chi connectivity index (χ0) is 29.9. The monoisotopic (exact) mass is 611 g/mol. The fourth-order valence-electron chi connectivity index (χ4n) is 6.42. The van der Waals surface area contributed by atoms with Crippen LogP contribution >= 0.6 is 12.4 Å². The number of aromatic carboxylic acids is 1. The van der Waals surface area contributed by atoms with E-state index in [-0.39, 0.29) is 35.7 Å². The number of carboxylic acid groups (broad SMARTS) is 1. The first-order valence-electron chi connectivity index (χ1n) is 15.0. The molecule has 10 heteroatoms. The summed E-state index contributed by atoms with van der Waals surface area (Å²) in [4.78, 5) is 42.7. The minimum atomic E-state index is -0.970. The van der Waals surface area contributed by atoms with E-state index in [1.54, 1.807) is 17.0 Å². The zero-order valence-corrected chi connectivity index (χ0v) is 25.6. The molecule has 0 unspecified atom stereocenters. The summed E-state index contributed by atoms with van der Waals surface area (Å²) in [5.41, 5.74) is 1.20. The van der Waals surface area contributed by atoms with Gasteiger partial charge >= 0.3 is 5.97 Å². The standard InChI is InChI=1S/C33H41N3O6.ClH/c1-3-4-17-36-30(38)28(29(37)24-7-5-6-8-24)34-32(41)33(36)15-18-35(19-16-33)21-23-9-12-26(13-10-23)42-27-14-11-25(31(39)40)20-22(27)2;/h5-6,9-14,20,24,28-29,37H,3-4,7-8,15-19,21H2,1-2H3,(H,34,41)(H,39,40);1H/t28-,29-;/m1./s1. The topological polar surface area (TPSA) is 119 Å². The number of allylic oxidation sites excluding steroid dienone is 2. The van der Waals surface area contributed by atoms with Gasteiger partial charge in [0.2, 0.25) is 11.8 Å². The number of rotatable bonds is 10.